The molecule has 0 heterocycles. The van der Waals surface area contributed by atoms with E-state index in [1.165, 1.54) is 12.8 Å². The molecule has 0 saturated carbocycles. The van der Waals surface area contributed by atoms with Crippen LogP contribution >= 0.6 is 0 Å². The number of unbranched alkanes of at least 4 members (excludes halogenated alkanes) is 3. The van der Waals surface area contributed by atoms with Crippen LogP contribution in [0.15, 0.2) is 0 Å². The number of carbonyl (C=O) groups excluding carboxylic acids is 2. The van der Waals surface area contributed by atoms with Crippen molar-refractivity contribution in [3.05, 3.63) is 6.92 Å². The molecule has 1 N–H and O–H groups in total. The molecule has 0 aliphatic rings. The maximum absolute atomic E-state index is 11.0. The third-order valence-electron chi connectivity index (χ3n) is 1.73. The Morgan fingerprint density at radius 3 is 2.21 bits per heavy atom. The third-order valence-corrected chi connectivity index (χ3v) is 1.73. The van der Waals surface area contributed by atoms with E-state index in [0.29, 0.717) is 19.4 Å². The fourth-order valence-corrected chi connectivity index (χ4v) is 0.915. The average molecular weight is 346 g/mol. The SMILES string of the molecule is CC(C)(C)OC(=O)NCCC[C-]=O.[CH2-]CCCC.[Y]. The first kappa shape index (κ1) is 24.1. The van der Waals surface area contributed by atoms with Gasteiger partial charge in [-0.15, -0.1) is 0 Å². The molecule has 5 heteroatoms. The zero-order valence-corrected chi connectivity index (χ0v) is 15.6. The minimum atomic E-state index is -0.471. The van der Waals surface area contributed by atoms with Crippen molar-refractivity contribution in [2.75, 3.05) is 6.54 Å². The zero-order chi connectivity index (χ0) is 14.4. The zero-order valence-electron chi connectivity index (χ0n) is 12.8. The minimum Gasteiger partial charge on any atom is -0.542 e. The van der Waals surface area contributed by atoms with E-state index >= 15 is 0 Å². The summed E-state index contributed by atoms with van der Waals surface area (Å²) >= 11 is 0. The van der Waals surface area contributed by atoms with Crippen molar-refractivity contribution in [3.8, 4) is 0 Å². The standard InChI is InChI=1S/C9H16NO3.C5H11.Y/c1-9(2,3)13-8(12)10-6-4-5-7-11;1-3-5-4-2;/h4-6H2,1-3H3,(H,10,12);1,3-5H2,2H3;/q2*-1;. The van der Waals surface area contributed by atoms with Crippen molar-refractivity contribution >= 4 is 12.4 Å². The summed E-state index contributed by atoms with van der Waals surface area (Å²) in [5.41, 5.74) is -0.471. The number of nitrogens with one attached hydrogen (secondary N) is 1. The Hall–Kier alpha value is 0.0439. The van der Waals surface area contributed by atoms with Crippen LogP contribution < -0.4 is 5.32 Å². The van der Waals surface area contributed by atoms with Gasteiger partial charge < -0.3 is 21.8 Å². The average Bonchev–Trinajstić information content (AvgIpc) is 2.24. The molecule has 0 aromatic carbocycles. The molecule has 1 amide bonds. The van der Waals surface area contributed by atoms with Crippen LogP contribution in [0, 0.1) is 6.92 Å². The predicted octanol–water partition coefficient (Wildman–Crippen LogP) is 3.41. The van der Waals surface area contributed by atoms with Crippen LogP contribution in [0.3, 0.4) is 0 Å². The number of ether oxygens (including phenoxy) is 1. The van der Waals surface area contributed by atoms with E-state index in [9.17, 15) is 9.59 Å². The van der Waals surface area contributed by atoms with E-state index in [1.807, 2.05) is 0 Å². The van der Waals surface area contributed by atoms with Crippen molar-refractivity contribution in [2.45, 2.75) is 65.4 Å². The van der Waals surface area contributed by atoms with Gasteiger partial charge in [0.25, 0.3) is 0 Å². The molecule has 0 unspecified atom stereocenters. The first-order chi connectivity index (χ1) is 8.37. The Morgan fingerprint density at radius 2 is 1.89 bits per heavy atom. The summed E-state index contributed by atoms with van der Waals surface area (Å²) in [6, 6.07) is 0. The molecule has 0 spiro atoms. The molecule has 0 saturated heterocycles. The third kappa shape index (κ3) is 27.3. The predicted molar refractivity (Wildman–Crippen MR) is 74.0 cm³/mol. The molecule has 19 heavy (non-hydrogen) atoms. The van der Waals surface area contributed by atoms with Gasteiger partial charge in [-0.05, 0) is 20.8 Å². The Balaban J connectivity index is -0.000000366. The van der Waals surface area contributed by atoms with E-state index in [2.05, 4.69) is 19.2 Å². The van der Waals surface area contributed by atoms with Crippen molar-refractivity contribution in [3.63, 3.8) is 0 Å². The molecule has 111 valence electrons. The van der Waals surface area contributed by atoms with Crippen LogP contribution in [-0.2, 0) is 42.2 Å². The number of rotatable bonds is 6. The van der Waals surface area contributed by atoms with Gasteiger partial charge in [0.15, 0.2) is 0 Å². The summed E-state index contributed by atoms with van der Waals surface area (Å²) in [6.07, 6.45) is 5.90. The number of hydrogen-bond donors (Lipinski definition) is 1. The summed E-state index contributed by atoms with van der Waals surface area (Å²) in [5.74, 6) is 0. The van der Waals surface area contributed by atoms with Gasteiger partial charge in [0.1, 0.15) is 5.60 Å². The van der Waals surface area contributed by atoms with Gasteiger partial charge in [0.05, 0.1) is 0 Å². The number of alkyl carbamates (subject to hydrolysis) is 1. The van der Waals surface area contributed by atoms with E-state index in [1.54, 1.807) is 27.1 Å². The summed E-state index contributed by atoms with van der Waals surface area (Å²) in [5, 5.41) is 2.53. The largest absolute Gasteiger partial charge is 0.542 e. The molecule has 0 aromatic rings. The molecule has 0 fully saturated rings. The van der Waals surface area contributed by atoms with Gasteiger partial charge in [-0.2, -0.15) is 12.8 Å². The van der Waals surface area contributed by atoms with Crippen LogP contribution in [0.1, 0.15) is 59.8 Å². The molecule has 4 nitrogen and oxygen atoms in total. The Morgan fingerprint density at radius 1 is 1.32 bits per heavy atom. The first-order valence-electron chi connectivity index (χ1n) is 6.48. The molecular weight excluding hydrogens is 319 g/mol. The second-order valence-electron chi connectivity index (χ2n) is 4.88. The molecule has 0 atom stereocenters. The quantitative estimate of drug-likeness (QED) is 0.592. The van der Waals surface area contributed by atoms with Crippen molar-refractivity contribution in [1.82, 2.24) is 5.32 Å². The smallest absolute Gasteiger partial charge is 0.407 e. The normalized spacial score (nSPS) is 9.53. The maximum atomic E-state index is 11.0. The van der Waals surface area contributed by atoms with Crippen molar-refractivity contribution < 1.29 is 47.0 Å². The van der Waals surface area contributed by atoms with Crippen LogP contribution in [0.25, 0.3) is 0 Å². The molecule has 0 bridgehead atoms. The van der Waals surface area contributed by atoms with E-state index in [-0.39, 0.29) is 32.7 Å². The van der Waals surface area contributed by atoms with Crippen LogP contribution in [-0.4, -0.2) is 24.5 Å². The van der Waals surface area contributed by atoms with Crippen LogP contribution in [0.5, 0.6) is 0 Å². The molecule has 0 aliphatic heterocycles. The van der Waals surface area contributed by atoms with Crippen molar-refractivity contribution in [2.24, 2.45) is 0 Å². The van der Waals surface area contributed by atoms with Crippen LogP contribution in [0.2, 0.25) is 0 Å². The van der Waals surface area contributed by atoms with Crippen LogP contribution in [0.4, 0.5) is 4.79 Å². The van der Waals surface area contributed by atoms with E-state index in [4.69, 9.17) is 4.74 Å². The Kier molecular flexibility index (Phi) is 20.4. The van der Waals surface area contributed by atoms with Gasteiger partial charge >= 0.3 is 6.09 Å². The Labute approximate surface area is 143 Å². The monoisotopic (exact) mass is 346 g/mol. The number of hydrogen-bond acceptors (Lipinski definition) is 3. The Bertz CT molecular complexity index is 213. The fraction of sp³-hybridized carbons (Fsp3) is 0.786. The van der Waals surface area contributed by atoms with Gasteiger partial charge in [-0.25, -0.2) is 4.79 Å². The second-order valence-corrected chi connectivity index (χ2v) is 4.88. The molecular formula is C14H27NO3Y-2. The van der Waals surface area contributed by atoms with Gasteiger partial charge in [-0.1, -0.05) is 26.2 Å². The summed E-state index contributed by atoms with van der Waals surface area (Å²) in [6.45, 7) is 11.7. The van der Waals surface area contributed by atoms with Gasteiger partial charge in [0.2, 0.25) is 0 Å². The summed E-state index contributed by atoms with van der Waals surface area (Å²) in [4.78, 5) is 20.8. The molecule has 0 aromatic heterocycles. The second kappa shape index (κ2) is 16.1. The van der Waals surface area contributed by atoms with Crippen molar-refractivity contribution in [1.29, 1.82) is 0 Å². The van der Waals surface area contributed by atoms with Gasteiger partial charge in [0, 0.05) is 39.3 Å². The van der Waals surface area contributed by atoms with Gasteiger partial charge in [-0.3, -0.25) is 6.29 Å². The number of amides is 1. The first-order valence-corrected chi connectivity index (χ1v) is 6.48. The number of carbonyl (C=O) groups is 1. The van der Waals surface area contributed by atoms with E-state index < -0.39 is 11.7 Å². The molecule has 0 aliphatic carbocycles. The fourth-order valence-electron chi connectivity index (χ4n) is 0.915. The maximum Gasteiger partial charge on any atom is 0.407 e. The summed E-state index contributed by atoms with van der Waals surface area (Å²) in [7, 11) is 0. The molecule has 0 rings (SSSR count). The minimum absolute atomic E-state index is 0. The summed E-state index contributed by atoms with van der Waals surface area (Å²) < 4.78 is 4.97. The topological polar surface area (TPSA) is 55.4 Å². The molecule has 1 radical (unpaired) electrons. The van der Waals surface area contributed by atoms with E-state index in [0.717, 1.165) is 6.42 Å².